The van der Waals surface area contributed by atoms with Crippen LogP contribution in [0.2, 0.25) is 0 Å². The highest BCUT2D eigenvalue weighted by Gasteiger charge is 2.41. The van der Waals surface area contributed by atoms with E-state index in [0.717, 1.165) is 63.9 Å². The Morgan fingerprint density at radius 3 is 1.97 bits per heavy atom. The van der Waals surface area contributed by atoms with E-state index in [1.165, 1.54) is 18.2 Å². The quantitative estimate of drug-likeness (QED) is 0.299. The van der Waals surface area contributed by atoms with Crippen LogP contribution in [-0.4, -0.2) is 25.2 Å². The first kappa shape index (κ1) is 27.1. The van der Waals surface area contributed by atoms with Crippen LogP contribution in [0.1, 0.15) is 98.3 Å². The van der Waals surface area contributed by atoms with Crippen LogP contribution in [0.25, 0.3) is 0 Å². The van der Waals surface area contributed by atoms with Gasteiger partial charge in [-0.1, -0.05) is 97.6 Å². The van der Waals surface area contributed by atoms with Crippen molar-refractivity contribution >= 4 is 10.0 Å². The maximum atomic E-state index is 14.2. The van der Waals surface area contributed by atoms with E-state index in [1.807, 2.05) is 13.8 Å². The van der Waals surface area contributed by atoms with Gasteiger partial charge in [0.1, 0.15) is 10.7 Å². The van der Waals surface area contributed by atoms with Crippen molar-refractivity contribution in [1.29, 1.82) is 0 Å². The average molecular weight is 444 g/mol. The molecule has 0 aliphatic carbocycles. The molecule has 4 nitrogen and oxygen atoms in total. The Morgan fingerprint density at radius 2 is 1.50 bits per heavy atom. The standard InChI is InChI=1S/C24H42FNO3S/c1-5-8-10-14-18-24(27,19-15-11-9-6-2)23(20(4)7-3)26-30(28,29)22-17-13-12-16-21(22)25/h12-13,16-17,20,23,26-27H,5-11,14-15,18-19H2,1-4H3/t20-,23-/m0/s1. The summed E-state index contributed by atoms with van der Waals surface area (Å²) in [5.41, 5.74) is -1.14. The van der Waals surface area contributed by atoms with Crippen LogP contribution in [0.5, 0.6) is 0 Å². The van der Waals surface area contributed by atoms with E-state index in [0.29, 0.717) is 12.8 Å². The second kappa shape index (κ2) is 13.4. The fourth-order valence-electron chi connectivity index (χ4n) is 4.04. The molecule has 0 amide bonds. The highest BCUT2D eigenvalue weighted by molar-refractivity contribution is 7.89. The van der Waals surface area contributed by atoms with Gasteiger partial charge in [0.2, 0.25) is 10.0 Å². The van der Waals surface area contributed by atoms with Gasteiger partial charge in [-0.15, -0.1) is 0 Å². The van der Waals surface area contributed by atoms with E-state index >= 15 is 0 Å². The van der Waals surface area contributed by atoms with Gasteiger partial charge >= 0.3 is 0 Å². The Labute approximate surface area is 183 Å². The molecule has 6 heteroatoms. The van der Waals surface area contributed by atoms with E-state index in [-0.39, 0.29) is 10.8 Å². The number of halogens is 1. The summed E-state index contributed by atoms with van der Waals surface area (Å²) in [6.45, 7) is 8.23. The zero-order valence-electron chi connectivity index (χ0n) is 19.3. The molecule has 0 aliphatic heterocycles. The molecular formula is C24H42FNO3S. The topological polar surface area (TPSA) is 66.4 Å². The zero-order chi connectivity index (χ0) is 22.6. The molecule has 1 aromatic carbocycles. The van der Waals surface area contributed by atoms with Crippen LogP contribution in [0.3, 0.4) is 0 Å². The van der Waals surface area contributed by atoms with Crippen molar-refractivity contribution in [2.75, 3.05) is 0 Å². The lowest BCUT2D eigenvalue weighted by Crippen LogP contribution is -2.56. The normalized spacial score (nSPS) is 14.6. The van der Waals surface area contributed by atoms with Gasteiger partial charge in [0.15, 0.2) is 0 Å². The highest BCUT2D eigenvalue weighted by Crippen LogP contribution is 2.32. The van der Waals surface area contributed by atoms with Gasteiger partial charge in [-0.05, 0) is 30.9 Å². The van der Waals surface area contributed by atoms with Crippen LogP contribution in [0.4, 0.5) is 4.39 Å². The third-order valence-corrected chi connectivity index (χ3v) is 7.60. The lowest BCUT2D eigenvalue weighted by atomic mass is 9.78. The molecule has 0 heterocycles. The van der Waals surface area contributed by atoms with Crippen molar-refractivity contribution in [2.24, 2.45) is 5.92 Å². The van der Waals surface area contributed by atoms with Crippen molar-refractivity contribution < 1.29 is 17.9 Å². The Hall–Kier alpha value is -0.980. The van der Waals surface area contributed by atoms with Gasteiger partial charge in [0.25, 0.3) is 0 Å². The maximum Gasteiger partial charge on any atom is 0.243 e. The molecule has 2 atom stereocenters. The Morgan fingerprint density at radius 1 is 0.967 bits per heavy atom. The SMILES string of the molecule is CCCCCCC(O)(CCCCCC)[C@@H](NS(=O)(=O)c1ccccc1F)[C@@H](C)CC. The molecule has 2 N–H and O–H groups in total. The Kier molecular flexibility index (Phi) is 12.1. The molecular weight excluding hydrogens is 401 g/mol. The monoisotopic (exact) mass is 443 g/mol. The van der Waals surface area contributed by atoms with Crippen molar-refractivity contribution in [3.05, 3.63) is 30.1 Å². The predicted octanol–water partition coefficient (Wildman–Crippen LogP) is 6.19. The van der Waals surface area contributed by atoms with E-state index < -0.39 is 27.5 Å². The number of benzene rings is 1. The summed E-state index contributed by atoms with van der Waals surface area (Å²) in [5, 5.41) is 11.7. The second-order valence-corrected chi connectivity index (χ2v) is 10.3. The number of rotatable bonds is 16. The van der Waals surface area contributed by atoms with Crippen LogP contribution in [0.15, 0.2) is 29.2 Å². The van der Waals surface area contributed by atoms with Gasteiger partial charge in [-0.3, -0.25) is 0 Å². The van der Waals surface area contributed by atoms with Gasteiger partial charge in [-0.25, -0.2) is 17.5 Å². The molecule has 0 fully saturated rings. The minimum Gasteiger partial charge on any atom is -0.388 e. The first-order valence-corrected chi connectivity index (χ1v) is 13.2. The zero-order valence-corrected chi connectivity index (χ0v) is 20.1. The third kappa shape index (κ3) is 8.27. The van der Waals surface area contributed by atoms with E-state index in [2.05, 4.69) is 18.6 Å². The number of hydrogen-bond acceptors (Lipinski definition) is 3. The molecule has 0 aliphatic rings. The fourth-order valence-corrected chi connectivity index (χ4v) is 5.53. The van der Waals surface area contributed by atoms with Crippen LogP contribution in [-0.2, 0) is 10.0 Å². The summed E-state index contributed by atoms with van der Waals surface area (Å²) in [4.78, 5) is -0.363. The van der Waals surface area contributed by atoms with Crippen molar-refractivity contribution in [3.63, 3.8) is 0 Å². The Bertz CT molecular complexity index is 696. The van der Waals surface area contributed by atoms with E-state index in [9.17, 15) is 17.9 Å². The molecule has 174 valence electrons. The fraction of sp³-hybridized carbons (Fsp3) is 0.750. The summed E-state index contributed by atoms with van der Waals surface area (Å²) in [7, 11) is -4.08. The van der Waals surface area contributed by atoms with Crippen LogP contribution < -0.4 is 4.72 Å². The summed E-state index contributed by atoms with van der Waals surface area (Å²) >= 11 is 0. The van der Waals surface area contributed by atoms with Crippen LogP contribution in [0, 0.1) is 11.7 Å². The molecule has 0 unspecified atom stereocenters. The summed E-state index contributed by atoms with van der Waals surface area (Å²) in [6.07, 6.45) is 9.95. The first-order chi connectivity index (χ1) is 14.2. The summed E-state index contributed by atoms with van der Waals surface area (Å²) in [5.74, 6) is -0.851. The number of nitrogens with one attached hydrogen (secondary N) is 1. The lowest BCUT2D eigenvalue weighted by Gasteiger charge is -2.40. The van der Waals surface area contributed by atoms with Crippen molar-refractivity contribution in [2.45, 2.75) is 115 Å². The average Bonchev–Trinajstić information content (AvgIpc) is 2.72. The predicted molar refractivity (Wildman–Crippen MR) is 122 cm³/mol. The molecule has 0 radical (unpaired) electrons. The van der Waals surface area contributed by atoms with Gasteiger partial charge in [-0.2, -0.15) is 0 Å². The van der Waals surface area contributed by atoms with Crippen molar-refractivity contribution in [1.82, 2.24) is 4.72 Å². The second-order valence-electron chi connectivity index (χ2n) is 8.64. The van der Waals surface area contributed by atoms with E-state index in [1.54, 1.807) is 0 Å². The number of hydrogen-bond donors (Lipinski definition) is 2. The van der Waals surface area contributed by atoms with Gasteiger partial charge in [0, 0.05) is 0 Å². The smallest absolute Gasteiger partial charge is 0.243 e. The molecule has 1 aromatic rings. The molecule has 30 heavy (non-hydrogen) atoms. The molecule has 0 spiro atoms. The highest BCUT2D eigenvalue weighted by atomic mass is 32.2. The first-order valence-electron chi connectivity index (χ1n) is 11.7. The van der Waals surface area contributed by atoms with Crippen molar-refractivity contribution in [3.8, 4) is 0 Å². The van der Waals surface area contributed by atoms with E-state index in [4.69, 9.17) is 0 Å². The third-order valence-electron chi connectivity index (χ3n) is 6.13. The Balaban J connectivity index is 3.16. The molecule has 0 saturated carbocycles. The lowest BCUT2D eigenvalue weighted by molar-refractivity contribution is -0.0281. The molecule has 0 saturated heterocycles. The largest absolute Gasteiger partial charge is 0.388 e. The maximum absolute atomic E-state index is 14.2. The molecule has 1 rings (SSSR count). The minimum atomic E-state index is -4.08. The number of unbranched alkanes of at least 4 members (excludes halogenated alkanes) is 6. The van der Waals surface area contributed by atoms with Gasteiger partial charge < -0.3 is 5.11 Å². The van der Waals surface area contributed by atoms with Gasteiger partial charge in [0.05, 0.1) is 11.6 Å². The number of sulfonamides is 1. The number of aliphatic hydroxyl groups is 1. The summed E-state index contributed by atoms with van der Waals surface area (Å²) < 4.78 is 43.0. The minimum absolute atomic E-state index is 0.0751. The summed E-state index contributed by atoms with van der Waals surface area (Å²) in [6, 6.07) is 4.74. The molecule has 0 bridgehead atoms. The molecule has 0 aromatic heterocycles. The van der Waals surface area contributed by atoms with Crippen LogP contribution >= 0.6 is 0 Å².